The largest absolute Gasteiger partial charge is 0.420 e. The first kappa shape index (κ1) is 12.4. The third-order valence-corrected chi connectivity index (χ3v) is 3.12. The van der Waals surface area contributed by atoms with Crippen LogP contribution < -0.4 is 10.4 Å². The first-order chi connectivity index (χ1) is 9.69. The van der Waals surface area contributed by atoms with Crippen LogP contribution in [0, 0.1) is 0 Å². The Morgan fingerprint density at radius 3 is 2.75 bits per heavy atom. The van der Waals surface area contributed by atoms with Crippen LogP contribution in [0.5, 0.6) is 5.75 Å². The van der Waals surface area contributed by atoms with Crippen molar-refractivity contribution >= 4 is 27.7 Å². The highest BCUT2D eigenvalue weighted by Crippen LogP contribution is 2.26. The highest BCUT2D eigenvalue weighted by molar-refractivity contribution is 6.05. The zero-order valence-electron chi connectivity index (χ0n) is 10.9. The van der Waals surface area contributed by atoms with Gasteiger partial charge in [0.05, 0.1) is 0 Å². The third-order valence-electron chi connectivity index (χ3n) is 3.12. The number of ether oxygens (including phenoxy) is 1. The van der Waals surface area contributed by atoms with Gasteiger partial charge >= 0.3 is 11.6 Å². The number of fused-ring (bicyclic) bond motifs is 3. The molecule has 20 heavy (non-hydrogen) atoms. The van der Waals surface area contributed by atoms with E-state index in [1.807, 2.05) is 30.3 Å². The number of hydrogen-bond acceptors (Lipinski definition) is 4. The molecule has 0 aliphatic heterocycles. The van der Waals surface area contributed by atoms with E-state index < -0.39 is 11.6 Å². The summed E-state index contributed by atoms with van der Waals surface area (Å²) in [6, 6.07) is 12.9. The van der Waals surface area contributed by atoms with Gasteiger partial charge in [-0.15, -0.1) is 0 Å². The van der Waals surface area contributed by atoms with Gasteiger partial charge in [0, 0.05) is 17.9 Å². The molecule has 2 aromatic carbocycles. The van der Waals surface area contributed by atoms with Crippen LogP contribution in [-0.2, 0) is 4.79 Å². The van der Waals surface area contributed by atoms with Crippen LogP contribution in [0.3, 0.4) is 0 Å². The number of hydrogen-bond donors (Lipinski definition) is 0. The quantitative estimate of drug-likeness (QED) is 0.406. The fourth-order valence-electron chi connectivity index (χ4n) is 2.12. The van der Waals surface area contributed by atoms with Gasteiger partial charge in [-0.1, -0.05) is 37.3 Å². The van der Waals surface area contributed by atoms with Crippen molar-refractivity contribution in [2.75, 3.05) is 0 Å². The molecule has 0 radical (unpaired) electrons. The molecule has 0 saturated carbocycles. The van der Waals surface area contributed by atoms with Crippen molar-refractivity contribution in [3.05, 3.63) is 52.9 Å². The zero-order valence-corrected chi connectivity index (χ0v) is 10.9. The van der Waals surface area contributed by atoms with E-state index in [4.69, 9.17) is 9.15 Å². The second kappa shape index (κ2) is 4.81. The molecule has 100 valence electrons. The molecule has 0 spiro atoms. The van der Waals surface area contributed by atoms with E-state index in [1.165, 1.54) is 0 Å². The van der Waals surface area contributed by atoms with Gasteiger partial charge in [-0.3, -0.25) is 4.79 Å². The standard InChI is InChI=1S/C16H12O4/c1-2-15(17)19-14-9-12-11-6-4-3-5-10(11)7-8-13(12)20-16(14)18/h3-9H,2H2,1H3. The fraction of sp³-hybridized carbons (Fsp3) is 0.125. The van der Waals surface area contributed by atoms with Gasteiger partial charge in [0.1, 0.15) is 5.58 Å². The predicted molar refractivity (Wildman–Crippen MR) is 75.9 cm³/mol. The smallest absolute Gasteiger partial charge is 0.379 e. The van der Waals surface area contributed by atoms with Gasteiger partial charge in [-0.2, -0.15) is 0 Å². The highest BCUT2D eigenvalue weighted by Gasteiger charge is 2.11. The molecule has 0 aliphatic carbocycles. The molecule has 0 bridgehead atoms. The highest BCUT2D eigenvalue weighted by atomic mass is 16.5. The molecule has 4 heteroatoms. The van der Waals surface area contributed by atoms with Gasteiger partial charge in [0.2, 0.25) is 5.75 Å². The third kappa shape index (κ3) is 2.05. The van der Waals surface area contributed by atoms with Crippen molar-refractivity contribution in [1.82, 2.24) is 0 Å². The minimum absolute atomic E-state index is 0.0688. The van der Waals surface area contributed by atoms with E-state index in [-0.39, 0.29) is 12.2 Å². The lowest BCUT2D eigenvalue weighted by atomic mass is 10.1. The summed E-state index contributed by atoms with van der Waals surface area (Å²) in [5.74, 6) is -0.530. The first-order valence-electron chi connectivity index (χ1n) is 6.35. The number of carbonyl (C=O) groups excluding carboxylic acids is 1. The second-order valence-corrected chi connectivity index (χ2v) is 4.42. The SMILES string of the molecule is CCC(=O)Oc1cc2c(ccc3ccccc32)oc1=O. The lowest BCUT2D eigenvalue weighted by Crippen LogP contribution is -2.12. The van der Waals surface area contributed by atoms with Crippen LogP contribution >= 0.6 is 0 Å². The summed E-state index contributed by atoms with van der Waals surface area (Å²) in [4.78, 5) is 23.1. The maximum atomic E-state index is 11.8. The Balaban J connectivity index is 2.28. The van der Waals surface area contributed by atoms with Crippen LogP contribution in [0.4, 0.5) is 0 Å². The molecule has 0 atom stereocenters. The molecule has 0 unspecified atom stereocenters. The summed E-state index contributed by atoms with van der Waals surface area (Å²) in [5.41, 5.74) is -0.167. The van der Waals surface area contributed by atoms with Crippen molar-refractivity contribution < 1.29 is 13.9 Å². The molecule has 0 fully saturated rings. The summed E-state index contributed by atoms with van der Waals surface area (Å²) in [6.07, 6.45) is 0.201. The van der Waals surface area contributed by atoms with E-state index in [0.717, 1.165) is 16.2 Å². The number of rotatable bonds is 2. The number of benzene rings is 2. The van der Waals surface area contributed by atoms with E-state index in [2.05, 4.69) is 0 Å². The molecule has 3 rings (SSSR count). The van der Waals surface area contributed by atoms with Crippen LogP contribution in [0.1, 0.15) is 13.3 Å². The Bertz CT molecular complexity index is 861. The van der Waals surface area contributed by atoms with Crippen LogP contribution in [-0.4, -0.2) is 5.97 Å². The molecule has 0 saturated heterocycles. The first-order valence-corrected chi connectivity index (χ1v) is 6.35. The van der Waals surface area contributed by atoms with Gasteiger partial charge in [0.25, 0.3) is 0 Å². The average molecular weight is 268 g/mol. The second-order valence-electron chi connectivity index (χ2n) is 4.42. The van der Waals surface area contributed by atoms with Gasteiger partial charge < -0.3 is 9.15 Å². The van der Waals surface area contributed by atoms with Crippen LogP contribution in [0.25, 0.3) is 21.7 Å². The maximum absolute atomic E-state index is 11.8. The number of esters is 1. The van der Waals surface area contributed by atoms with Crippen LogP contribution in [0.2, 0.25) is 0 Å². The Morgan fingerprint density at radius 2 is 1.95 bits per heavy atom. The predicted octanol–water partition coefficient (Wildman–Crippen LogP) is 3.26. The molecule has 1 aromatic heterocycles. The molecule has 1 heterocycles. The lowest BCUT2D eigenvalue weighted by Gasteiger charge is -2.05. The summed E-state index contributed by atoms with van der Waals surface area (Å²) in [7, 11) is 0. The minimum atomic E-state index is -0.644. The molecular weight excluding hydrogens is 256 g/mol. The van der Waals surface area contributed by atoms with Crippen molar-refractivity contribution in [2.24, 2.45) is 0 Å². The molecule has 3 aromatic rings. The molecule has 0 N–H and O–H groups in total. The Hall–Kier alpha value is -2.62. The van der Waals surface area contributed by atoms with E-state index in [9.17, 15) is 9.59 Å². The van der Waals surface area contributed by atoms with Gasteiger partial charge in [0.15, 0.2) is 0 Å². The van der Waals surface area contributed by atoms with Crippen molar-refractivity contribution in [3.8, 4) is 5.75 Å². The van der Waals surface area contributed by atoms with Crippen molar-refractivity contribution in [2.45, 2.75) is 13.3 Å². The monoisotopic (exact) mass is 268 g/mol. The lowest BCUT2D eigenvalue weighted by molar-refractivity contribution is -0.134. The van der Waals surface area contributed by atoms with E-state index in [1.54, 1.807) is 19.1 Å². The maximum Gasteiger partial charge on any atom is 0.379 e. The Morgan fingerprint density at radius 1 is 1.15 bits per heavy atom. The van der Waals surface area contributed by atoms with E-state index >= 15 is 0 Å². The van der Waals surface area contributed by atoms with Crippen LogP contribution in [0.15, 0.2) is 51.7 Å². The van der Waals surface area contributed by atoms with Gasteiger partial charge in [-0.25, -0.2) is 4.79 Å². The minimum Gasteiger partial charge on any atom is -0.420 e. The molecule has 0 aliphatic rings. The van der Waals surface area contributed by atoms with Crippen molar-refractivity contribution in [1.29, 1.82) is 0 Å². The summed E-state index contributed by atoms with van der Waals surface area (Å²) >= 11 is 0. The Labute approximate surface area is 114 Å². The van der Waals surface area contributed by atoms with Gasteiger partial charge in [-0.05, 0) is 16.8 Å². The molecular formula is C16H12O4. The molecule has 0 amide bonds. The summed E-state index contributed by atoms with van der Waals surface area (Å²) in [6.45, 7) is 1.67. The summed E-state index contributed by atoms with van der Waals surface area (Å²) in [5, 5.41) is 2.73. The fourth-order valence-corrected chi connectivity index (χ4v) is 2.12. The Kier molecular flexibility index (Phi) is 2.99. The normalized spacial score (nSPS) is 10.8. The van der Waals surface area contributed by atoms with Crippen molar-refractivity contribution in [3.63, 3.8) is 0 Å². The molecule has 4 nitrogen and oxygen atoms in total. The average Bonchev–Trinajstić information content (AvgIpc) is 2.48. The summed E-state index contributed by atoms with van der Waals surface area (Å²) < 4.78 is 10.2. The topological polar surface area (TPSA) is 56.5 Å². The van der Waals surface area contributed by atoms with E-state index in [0.29, 0.717) is 5.58 Å². The number of carbonyl (C=O) groups is 1. The zero-order chi connectivity index (χ0) is 14.1.